The fourth-order valence-corrected chi connectivity index (χ4v) is 2.96. The molecule has 0 fully saturated rings. The molecule has 0 radical (unpaired) electrons. The highest BCUT2D eigenvalue weighted by Crippen LogP contribution is 2.24. The van der Waals surface area contributed by atoms with E-state index in [1.807, 2.05) is 18.2 Å². The van der Waals surface area contributed by atoms with Crippen molar-refractivity contribution in [1.29, 1.82) is 0 Å². The number of fused-ring (bicyclic) bond motifs is 3. The third-order valence-electron chi connectivity index (χ3n) is 3.81. The average molecular weight is 399 g/mol. The first kappa shape index (κ1) is 15.4. The fourth-order valence-electron chi connectivity index (χ4n) is 2.60. The van der Waals surface area contributed by atoms with Gasteiger partial charge in [-0.1, -0.05) is 15.9 Å². The molecule has 0 aliphatic carbocycles. The van der Waals surface area contributed by atoms with E-state index in [4.69, 9.17) is 0 Å². The van der Waals surface area contributed by atoms with E-state index in [1.54, 1.807) is 12.1 Å². The van der Waals surface area contributed by atoms with Crippen LogP contribution in [0.3, 0.4) is 0 Å². The van der Waals surface area contributed by atoms with Crippen molar-refractivity contribution in [2.24, 2.45) is 5.10 Å². The van der Waals surface area contributed by atoms with Crippen LogP contribution in [-0.4, -0.2) is 26.0 Å². The van der Waals surface area contributed by atoms with Gasteiger partial charge in [0.05, 0.1) is 11.7 Å². The molecule has 0 unspecified atom stereocenters. The summed E-state index contributed by atoms with van der Waals surface area (Å²) in [5.74, 6) is 0.123. The number of hydrogen-bond acceptors (Lipinski definition) is 4. The number of aromatic nitrogens is 3. The molecule has 25 heavy (non-hydrogen) atoms. The fraction of sp³-hybridized carbons (Fsp3) is 0. The third-order valence-corrected chi connectivity index (χ3v) is 4.30. The lowest BCUT2D eigenvalue weighted by molar-refractivity contribution is 0.475. The molecule has 2 aromatic carbocycles. The Morgan fingerprint density at radius 3 is 2.56 bits per heavy atom. The number of H-pyrrole nitrogens is 2. The van der Waals surface area contributed by atoms with Crippen LogP contribution < -0.4 is 11.2 Å². The van der Waals surface area contributed by atoms with Crippen LogP contribution in [0.25, 0.3) is 21.9 Å². The number of phenols is 1. The van der Waals surface area contributed by atoms with Crippen molar-refractivity contribution in [1.82, 2.24) is 14.6 Å². The Morgan fingerprint density at radius 2 is 1.80 bits per heavy atom. The summed E-state index contributed by atoms with van der Waals surface area (Å²) in [5, 5.41) is 14.0. The minimum atomic E-state index is -0.631. The van der Waals surface area contributed by atoms with Crippen LogP contribution in [0.2, 0.25) is 0 Å². The summed E-state index contributed by atoms with van der Waals surface area (Å²) in [5.41, 5.74) is 0.934. The predicted molar refractivity (Wildman–Crippen MR) is 99.5 cm³/mol. The summed E-state index contributed by atoms with van der Waals surface area (Å²) >= 11 is 3.38. The van der Waals surface area contributed by atoms with E-state index in [2.05, 4.69) is 31.0 Å². The third kappa shape index (κ3) is 2.66. The lowest BCUT2D eigenvalue weighted by Crippen LogP contribution is -2.32. The van der Waals surface area contributed by atoms with Crippen LogP contribution >= 0.6 is 15.9 Å². The van der Waals surface area contributed by atoms with Gasteiger partial charge >= 0.3 is 11.2 Å². The van der Waals surface area contributed by atoms with Crippen molar-refractivity contribution >= 4 is 44.1 Å². The Balaban J connectivity index is 1.90. The molecule has 0 saturated heterocycles. The Kier molecular flexibility index (Phi) is 3.54. The summed E-state index contributed by atoms with van der Waals surface area (Å²) in [7, 11) is 0. The van der Waals surface area contributed by atoms with Crippen LogP contribution in [-0.2, 0) is 0 Å². The second kappa shape index (κ2) is 5.75. The highest BCUT2D eigenvalue weighted by Gasteiger charge is 2.12. The van der Waals surface area contributed by atoms with E-state index in [0.717, 1.165) is 20.1 Å². The molecule has 2 heterocycles. The summed E-state index contributed by atoms with van der Waals surface area (Å²) in [4.78, 5) is 30.6. The van der Waals surface area contributed by atoms with Gasteiger partial charge in [0, 0.05) is 15.4 Å². The minimum absolute atomic E-state index is 0.123. The highest BCUT2D eigenvalue weighted by molar-refractivity contribution is 9.10. The molecule has 3 N–H and O–H groups in total. The van der Waals surface area contributed by atoms with E-state index in [-0.39, 0.29) is 11.3 Å². The first-order valence-corrected chi connectivity index (χ1v) is 8.12. The van der Waals surface area contributed by atoms with Gasteiger partial charge in [0.2, 0.25) is 0 Å². The molecule has 4 aromatic rings. The Labute approximate surface area is 148 Å². The topological polar surface area (TPSA) is 103 Å². The molecule has 0 spiro atoms. The molecule has 0 amide bonds. The molecule has 8 heteroatoms. The number of aromatic hydroxyl groups is 1. The second-order valence-corrected chi connectivity index (χ2v) is 6.36. The van der Waals surface area contributed by atoms with Gasteiger partial charge in [-0.25, -0.2) is 4.79 Å². The molecule has 7 nitrogen and oxygen atoms in total. The zero-order valence-corrected chi connectivity index (χ0v) is 14.2. The summed E-state index contributed by atoms with van der Waals surface area (Å²) in [6, 6.07) is 11.7. The summed E-state index contributed by atoms with van der Waals surface area (Å²) < 4.78 is 1.61. The smallest absolute Gasteiger partial charge is 0.350 e. The van der Waals surface area contributed by atoms with Crippen molar-refractivity contribution in [3.8, 4) is 5.75 Å². The monoisotopic (exact) mass is 398 g/mol. The minimum Gasteiger partial charge on any atom is -0.508 e. The molecule has 2 aromatic heterocycles. The molecular weight excluding hydrogens is 388 g/mol. The van der Waals surface area contributed by atoms with Gasteiger partial charge in [-0.3, -0.25) is 4.79 Å². The molecule has 0 saturated carbocycles. The Hall–Kier alpha value is -3.13. The SMILES string of the molecule is O=c1[nH]c2c([nH]c3ccc(Br)cc32)c(=O)n1/N=C/c1ccc(O)cc1. The number of phenolic OH excluding ortho intramolecular Hbond substituents is 1. The number of benzene rings is 2. The number of hydrogen-bond donors (Lipinski definition) is 3. The van der Waals surface area contributed by atoms with Crippen LogP contribution in [0.5, 0.6) is 5.75 Å². The highest BCUT2D eigenvalue weighted by atomic mass is 79.9. The second-order valence-electron chi connectivity index (χ2n) is 5.45. The van der Waals surface area contributed by atoms with E-state index in [0.29, 0.717) is 11.1 Å². The van der Waals surface area contributed by atoms with E-state index < -0.39 is 11.2 Å². The van der Waals surface area contributed by atoms with Crippen LogP contribution in [0.1, 0.15) is 5.56 Å². The predicted octanol–water partition coefficient (Wildman–Crippen LogP) is 2.52. The summed E-state index contributed by atoms with van der Waals surface area (Å²) in [6.07, 6.45) is 1.38. The van der Waals surface area contributed by atoms with Gasteiger partial charge in [0.15, 0.2) is 0 Å². The zero-order valence-electron chi connectivity index (χ0n) is 12.7. The average Bonchev–Trinajstić information content (AvgIpc) is 2.94. The van der Waals surface area contributed by atoms with Crippen LogP contribution in [0.4, 0.5) is 0 Å². The molecule has 0 bridgehead atoms. The lowest BCUT2D eigenvalue weighted by Gasteiger charge is -1.98. The number of rotatable bonds is 2. The van der Waals surface area contributed by atoms with Gasteiger partial charge in [0.1, 0.15) is 11.3 Å². The van der Waals surface area contributed by atoms with Crippen molar-refractivity contribution in [2.75, 3.05) is 0 Å². The van der Waals surface area contributed by atoms with Crippen LogP contribution in [0, 0.1) is 0 Å². The number of aromatic amines is 2. The summed E-state index contributed by atoms with van der Waals surface area (Å²) in [6.45, 7) is 0. The number of nitrogens with one attached hydrogen (secondary N) is 2. The van der Waals surface area contributed by atoms with E-state index in [1.165, 1.54) is 18.3 Å². The molecule has 0 aliphatic heterocycles. The Morgan fingerprint density at radius 1 is 1.04 bits per heavy atom. The van der Waals surface area contributed by atoms with Gasteiger partial charge in [0.25, 0.3) is 0 Å². The molecule has 124 valence electrons. The van der Waals surface area contributed by atoms with Gasteiger partial charge < -0.3 is 15.1 Å². The van der Waals surface area contributed by atoms with Crippen molar-refractivity contribution in [3.63, 3.8) is 0 Å². The van der Waals surface area contributed by atoms with Crippen molar-refractivity contribution in [2.45, 2.75) is 0 Å². The van der Waals surface area contributed by atoms with Crippen molar-refractivity contribution < 1.29 is 5.11 Å². The maximum absolute atomic E-state index is 12.6. The molecular formula is C17H11BrN4O3. The first-order valence-electron chi connectivity index (χ1n) is 7.32. The standard InChI is InChI=1S/C17H11BrN4O3/c18-10-3-6-13-12(7-10)14-15(20-13)16(24)22(17(25)21-14)19-8-9-1-4-11(23)5-2-9/h1-8,20,23H,(H,21,25)/b19-8+. The van der Waals surface area contributed by atoms with E-state index >= 15 is 0 Å². The van der Waals surface area contributed by atoms with Crippen LogP contribution in [0.15, 0.2) is 61.6 Å². The zero-order chi connectivity index (χ0) is 17.6. The maximum Gasteiger partial charge on any atom is 0.350 e. The molecule has 0 aliphatic rings. The van der Waals surface area contributed by atoms with Crippen molar-refractivity contribution in [3.05, 3.63) is 73.3 Å². The quantitative estimate of drug-likeness (QED) is 0.452. The van der Waals surface area contributed by atoms with Gasteiger partial charge in [-0.2, -0.15) is 5.10 Å². The molecule has 0 atom stereocenters. The number of nitrogens with zero attached hydrogens (tertiary/aromatic N) is 2. The maximum atomic E-state index is 12.6. The largest absolute Gasteiger partial charge is 0.508 e. The van der Waals surface area contributed by atoms with Gasteiger partial charge in [-0.05, 0) is 48.0 Å². The Bertz CT molecular complexity index is 1250. The van der Waals surface area contributed by atoms with Gasteiger partial charge in [-0.15, -0.1) is 4.68 Å². The molecule has 4 rings (SSSR count). The first-order chi connectivity index (χ1) is 12.0. The normalized spacial score (nSPS) is 11.7. The number of halogens is 1. The van der Waals surface area contributed by atoms with E-state index in [9.17, 15) is 14.7 Å². The lowest BCUT2D eigenvalue weighted by atomic mass is 10.2.